The maximum atomic E-state index is 4.72. The lowest BCUT2D eigenvalue weighted by Crippen LogP contribution is -2.90. The molecule has 0 aliphatic heterocycles. The summed E-state index contributed by atoms with van der Waals surface area (Å²) in [5.74, 6) is 12.8. The Kier molecular flexibility index (Phi) is 1.53. The van der Waals surface area contributed by atoms with Gasteiger partial charge in [0.2, 0.25) is 0 Å². The van der Waals surface area contributed by atoms with Crippen molar-refractivity contribution in [1.82, 2.24) is 0 Å². The lowest BCUT2D eigenvalue weighted by molar-refractivity contribution is -0.417. The van der Waals surface area contributed by atoms with Crippen molar-refractivity contribution in [2.24, 2.45) is 75.9 Å². The van der Waals surface area contributed by atoms with Gasteiger partial charge in [-0.15, -0.1) is 0 Å². The van der Waals surface area contributed by atoms with Crippen LogP contribution in [0.4, 0.5) is 0 Å². The molecule has 0 amide bonds. The van der Waals surface area contributed by atoms with Gasteiger partial charge in [0.1, 0.15) is 0 Å². The van der Waals surface area contributed by atoms with Crippen LogP contribution >= 0.6 is 15.9 Å². The second-order valence-corrected chi connectivity index (χ2v) is 13.4. The molecule has 13 aliphatic carbocycles. The minimum absolute atomic E-state index is 0.631. The highest BCUT2D eigenvalue weighted by molar-refractivity contribution is 9.10. The normalized spacial score (nSPS) is 85.2. The number of hydrogen-bond donors (Lipinski definition) is 0. The van der Waals surface area contributed by atoms with Crippen LogP contribution in [-0.2, 0) is 0 Å². The van der Waals surface area contributed by atoms with E-state index in [1.165, 1.54) is 29.6 Å². The van der Waals surface area contributed by atoms with Crippen molar-refractivity contribution in [1.29, 1.82) is 0 Å². The average Bonchev–Trinajstić information content (AvgIpc) is 2.53. The molecule has 0 heterocycles. The number of halogens is 1. The third kappa shape index (κ3) is 0.816. The van der Waals surface area contributed by atoms with Gasteiger partial charge in [-0.25, -0.2) is 0 Å². The van der Waals surface area contributed by atoms with Gasteiger partial charge in [0.25, 0.3) is 0 Å². The molecule has 2 spiro atoms. The van der Waals surface area contributed by atoms with Crippen LogP contribution in [0.1, 0.15) is 51.4 Å². The number of hydrogen-bond acceptors (Lipinski definition) is 0. The molecule has 0 aromatic rings. The zero-order valence-electron chi connectivity index (χ0n) is 13.9. The fourth-order valence-electron chi connectivity index (χ4n) is 13.4. The van der Waals surface area contributed by atoms with E-state index in [-0.39, 0.29) is 0 Å². The summed E-state index contributed by atoms with van der Waals surface area (Å²) < 4.78 is 0.631. The quantitative estimate of drug-likeness (QED) is 0.519. The van der Waals surface area contributed by atoms with Crippen LogP contribution in [0.15, 0.2) is 0 Å². The van der Waals surface area contributed by atoms with Crippen molar-refractivity contribution in [2.45, 2.75) is 55.7 Å². The van der Waals surface area contributed by atoms with Crippen molar-refractivity contribution in [3.05, 3.63) is 0 Å². The largest absolute Gasteiger partial charge is 0.0841 e. The first-order valence-corrected chi connectivity index (χ1v) is 11.7. The van der Waals surface area contributed by atoms with E-state index in [4.69, 9.17) is 15.9 Å². The highest BCUT2D eigenvalue weighted by Crippen LogP contribution is 2.95. The molecule has 0 N–H and O–H groups in total. The standard InChI is InChI=1S/C22H27Br/c23-22-16-4-10-2-12-15(16)7-20-5-9-1-11-14(13(3-9)19(20)22)8-21(22,6-10)18(12)17(11)20/h9-19H,1-8H2/t9-,10+,11+,12-,13-,14-,15+,16+,17-,18+,19-,20-,21+,22+/m1/s1. The minimum Gasteiger partial charge on any atom is -0.0841 e. The number of rotatable bonds is 0. The van der Waals surface area contributed by atoms with Gasteiger partial charge in [0, 0.05) is 4.32 Å². The molecule has 0 nitrogen and oxygen atoms in total. The van der Waals surface area contributed by atoms with Gasteiger partial charge < -0.3 is 0 Å². The summed E-state index contributed by atoms with van der Waals surface area (Å²) in [5, 5.41) is 0. The fraction of sp³-hybridized carbons (Fsp3) is 1.00. The molecular formula is C22H27Br. The lowest BCUT2D eigenvalue weighted by Gasteiger charge is -2.93. The summed E-state index contributed by atoms with van der Waals surface area (Å²) >= 11 is 4.72. The predicted molar refractivity (Wildman–Crippen MR) is 91.9 cm³/mol. The van der Waals surface area contributed by atoms with Gasteiger partial charge in [-0.3, -0.25) is 0 Å². The van der Waals surface area contributed by atoms with E-state index in [0.717, 1.165) is 46.3 Å². The Balaban J connectivity index is 1.45. The van der Waals surface area contributed by atoms with Crippen molar-refractivity contribution < 1.29 is 0 Å². The van der Waals surface area contributed by atoms with Crippen LogP contribution in [0, 0.1) is 75.9 Å². The van der Waals surface area contributed by atoms with Gasteiger partial charge in [-0.1, -0.05) is 15.9 Å². The molecule has 0 unspecified atom stereocenters. The number of alkyl halides is 1. The third-order valence-corrected chi connectivity index (χ3v) is 14.4. The Morgan fingerprint density at radius 3 is 2.35 bits per heavy atom. The first-order valence-electron chi connectivity index (χ1n) is 10.9. The van der Waals surface area contributed by atoms with Gasteiger partial charge in [0.05, 0.1) is 0 Å². The first-order chi connectivity index (χ1) is 11.2. The highest BCUT2D eigenvalue weighted by atomic mass is 79.9. The molecule has 13 aliphatic rings. The third-order valence-electron chi connectivity index (χ3n) is 12.5. The zero-order valence-corrected chi connectivity index (χ0v) is 15.5. The fourth-order valence-corrected chi connectivity index (χ4v) is 15.3. The van der Waals surface area contributed by atoms with E-state index in [2.05, 4.69) is 0 Å². The van der Waals surface area contributed by atoms with Crippen LogP contribution in [0.5, 0.6) is 0 Å². The van der Waals surface area contributed by atoms with Gasteiger partial charge in [0.15, 0.2) is 0 Å². The van der Waals surface area contributed by atoms with Gasteiger partial charge in [-0.2, -0.15) is 0 Å². The molecular weight excluding hydrogens is 344 g/mol. The second kappa shape index (κ2) is 2.93. The summed E-state index contributed by atoms with van der Waals surface area (Å²) in [7, 11) is 0. The molecule has 13 fully saturated rings. The van der Waals surface area contributed by atoms with E-state index in [0.29, 0.717) is 4.32 Å². The second-order valence-electron chi connectivity index (χ2n) is 12.1. The van der Waals surface area contributed by atoms with Gasteiger partial charge >= 0.3 is 0 Å². The summed E-state index contributed by atoms with van der Waals surface area (Å²) in [6, 6.07) is 0. The first kappa shape index (κ1) is 12.0. The zero-order chi connectivity index (χ0) is 14.5. The predicted octanol–water partition coefficient (Wildman–Crippen LogP) is 5.11. The Bertz CT molecular complexity index is 700. The lowest BCUT2D eigenvalue weighted by atomic mass is 9.13. The molecule has 0 saturated heterocycles. The van der Waals surface area contributed by atoms with Crippen LogP contribution in [0.25, 0.3) is 0 Å². The van der Waals surface area contributed by atoms with E-state index >= 15 is 0 Å². The van der Waals surface area contributed by atoms with Crippen molar-refractivity contribution >= 4 is 15.9 Å². The van der Waals surface area contributed by atoms with E-state index in [9.17, 15) is 0 Å². The molecule has 122 valence electrons. The molecule has 1 heteroatoms. The van der Waals surface area contributed by atoms with Crippen molar-refractivity contribution in [3.63, 3.8) is 0 Å². The summed E-state index contributed by atoms with van der Waals surface area (Å²) in [4.78, 5) is 0. The molecule has 0 aromatic heterocycles. The summed E-state index contributed by atoms with van der Waals surface area (Å²) in [6.45, 7) is 0. The smallest absolute Gasteiger partial charge is 0.0384 e. The van der Waals surface area contributed by atoms with Crippen LogP contribution in [0.3, 0.4) is 0 Å². The molecule has 0 radical (unpaired) electrons. The topological polar surface area (TPSA) is 0 Å². The Morgan fingerprint density at radius 1 is 0.652 bits per heavy atom. The average molecular weight is 371 g/mol. The molecule has 13 saturated carbocycles. The molecule has 14 atom stereocenters. The maximum Gasteiger partial charge on any atom is 0.0384 e. The Hall–Kier alpha value is 0.480. The van der Waals surface area contributed by atoms with Crippen LogP contribution < -0.4 is 0 Å². The van der Waals surface area contributed by atoms with E-state index < -0.39 is 0 Å². The van der Waals surface area contributed by atoms with Crippen molar-refractivity contribution in [3.8, 4) is 0 Å². The summed E-state index contributed by atoms with van der Waals surface area (Å²) in [5.41, 5.74) is 1.65. The SMILES string of the molecule is Br[C@@]12[C@@H]3[C@@H]4C[C@H]5C[C@H]6[C@H]4C[C@]14C[C@H]1C[C@@H]7[C@H](C[C@]3(C5)[C@H]6[C@H]74)[C@@H]2C1. The summed E-state index contributed by atoms with van der Waals surface area (Å²) in [6.07, 6.45) is 13.4. The van der Waals surface area contributed by atoms with Gasteiger partial charge in [-0.05, 0) is 127 Å². The van der Waals surface area contributed by atoms with E-state index in [1.54, 1.807) is 51.4 Å². The Morgan fingerprint density at radius 2 is 1.43 bits per heavy atom. The Labute approximate surface area is 147 Å². The highest BCUT2D eigenvalue weighted by Gasteiger charge is 2.90. The maximum absolute atomic E-state index is 4.72. The van der Waals surface area contributed by atoms with Crippen LogP contribution in [-0.4, -0.2) is 4.32 Å². The molecule has 13 rings (SSSR count). The van der Waals surface area contributed by atoms with Crippen molar-refractivity contribution in [2.75, 3.05) is 0 Å². The minimum atomic E-state index is 0.631. The molecule has 0 aromatic carbocycles. The molecule has 14 bridgehead atoms. The molecule has 23 heavy (non-hydrogen) atoms. The monoisotopic (exact) mass is 370 g/mol. The van der Waals surface area contributed by atoms with Crippen LogP contribution in [0.2, 0.25) is 0 Å². The van der Waals surface area contributed by atoms with E-state index in [1.807, 2.05) is 0 Å².